The van der Waals surface area contributed by atoms with Gasteiger partial charge in [-0.05, 0) is 36.4 Å². The molecule has 0 aliphatic rings. The first kappa shape index (κ1) is 19.3. The van der Waals surface area contributed by atoms with Crippen LogP contribution in [0.1, 0.15) is 24.2 Å². The summed E-state index contributed by atoms with van der Waals surface area (Å²) < 4.78 is 19.9. The molecule has 3 aromatic rings. The molecule has 3 rings (SSSR count). The largest absolute Gasteiger partial charge is 0.425 e. The molecule has 7 heteroatoms. The van der Waals surface area contributed by atoms with Gasteiger partial charge in [-0.3, -0.25) is 14.4 Å². The molecule has 1 aromatic heterocycles. The lowest BCUT2D eigenvalue weighted by Crippen LogP contribution is -2.30. The molecule has 0 aliphatic heterocycles. The summed E-state index contributed by atoms with van der Waals surface area (Å²) in [5.41, 5.74) is -0.0653. The normalized spacial score (nSPS) is 10.9. The van der Waals surface area contributed by atoms with Gasteiger partial charge in [-0.15, -0.1) is 0 Å². The predicted octanol–water partition coefficient (Wildman–Crippen LogP) is 3.49. The molecule has 0 unspecified atom stereocenters. The number of esters is 1. The van der Waals surface area contributed by atoms with Gasteiger partial charge in [0.2, 0.25) is 0 Å². The van der Waals surface area contributed by atoms with Crippen LogP contribution in [-0.4, -0.2) is 16.4 Å². The monoisotopic (exact) mass is 382 g/mol. The number of carbonyl (C=O) groups is 2. The van der Waals surface area contributed by atoms with Gasteiger partial charge in [-0.25, -0.2) is 4.39 Å². The standard InChI is InChI=1S/C21H19FN2O4/c1-12(2)21(27)28-18-15-6-4-5-7-16(15)24(3)20(26)17(18)19(25)23-14-10-8-13(22)9-11-14/h4-12H,1-3H3,(H,23,25). The minimum absolute atomic E-state index is 0.0861. The highest BCUT2D eigenvalue weighted by molar-refractivity contribution is 6.09. The van der Waals surface area contributed by atoms with Crippen LogP contribution >= 0.6 is 0 Å². The summed E-state index contributed by atoms with van der Waals surface area (Å²) in [6, 6.07) is 12.0. The number of para-hydroxylation sites is 1. The number of nitrogens with one attached hydrogen (secondary N) is 1. The first-order valence-corrected chi connectivity index (χ1v) is 8.70. The first-order chi connectivity index (χ1) is 13.3. The summed E-state index contributed by atoms with van der Waals surface area (Å²) >= 11 is 0. The zero-order chi connectivity index (χ0) is 20.4. The fraction of sp³-hybridized carbons (Fsp3) is 0.190. The number of aromatic nitrogens is 1. The van der Waals surface area contributed by atoms with E-state index in [-0.39, 0.29) is 11.3 Å². The van der Waals surface area contributed by atoms with Crippen molar-refractivity contribution in [1.29, 1.82) is 0 Å². The van der Waals surface area contributed by atoms with Gasteiger partial charge in [0.05, 0.1) is 11.4 Å². The molecule has 0 fully saturated rings. The number of rotatable bonds is 4. The third-order valence-electron chi connectivity index (χ3n) is 4.26. The molecule has 1 heterocycles. The van der Waals surface area contributed by atoms with Gasteiger partial charge >= 0.3 is 5.97 Å². The van der Waals surface area contributed by atoms with Crippen LogP contribution in [0.4, 0.5) is 10.1 Å². The number of carbonyl (C=O) groups excluding carboxylic acids is 2. The number of anilines is 1. The van der Waals surface area contributed by atoms with Crippen LogP contribution in [0.15, 0.2) is 53.3 Å². The molecule has 1 amide bonds. The Kier molecular flexibility index (Phi) is 5.26. The summed E-state index contributed by atoms with van der Waals surface area (Å²) in [6.07, 6.45) is 0. The van der Waals surface area contributed by atoms with E-state index >= 15 is 0 Å². The van der Waals surface area contributed by atoms with E-state index in [2.05, 4.69) is 5.32 Å². The number of benzene rings is 2. The highest BCUT2D eigenvalue weighted by Crippen LogP contribution is 2.28. The maximum Gasteiger partial charge on any atom is 0.313 e. The molecule has 0 saturated carbocycles. The van der Waals surface area contributed by atoms with Crippen molar-refractivity contribution in [3.8, 4) is 5.75 Å². The van der Waals surface area contributed by atoms with Crippen LogP contribution in [0.2, 0.25) is 0 Å². The molecular formula is C21H19FN2O4. The number of amides is 1. The second-order valence-electron chi connectivity index (χ2n) is 6.62. The number of halogens is 1. The van der Waals surface area contributed by atoms with Crippen LogP contribution in [0.25, 0.3) is 10.9 Å². The smallest absolute Gasteiger partial charge is 0.313 e. The van der Waals surface area contributed by atoms with Crippen LogP contribution in [0.5, 0.6) is 5.75 Å². The lowest BCUT2D eigenvalue weighted by atomic mass is 10.1. The molecule has 0 aliphatic carbocycles. The Balaban J connectivity index is 2.17. The molecule has 28 heavy (non-hydrogen) atoms. The van der Waals surface area contributed by atoms with E-state index in [0.29, 0.717) is 16.6 Å². The highest BCUT2D eigenvalue weighted by Gasteiger charge is 2.25. The average Bonchev–Trinajstić information content (AvgIpc) is 2.67. The number of ether oxygens (including phenoxy) is 1. The second kappa shape index (κ2) is 7.64. The Morgan fingerprint density at radius 1 is 1.07 bits per heavy atom. The van der Waals surface area contributed by atoms with E-state index in [1.807, 2.05) is 0 Å². The molecule has 0 spiro atoms. The highest BCUT2D eigenvalue weighted by atomic mass is 19.1. The predicted molar refractivity (Wildman–Crippen MR) is 104 cm³/mol. The Labute approximate surface area is 160 Å². The Hall–Kier alpha value is -3.48. The van der Waals surface area contributed by atoms with Gasteiger partial charge < -0.3 is 14.6 Å². The Morgan fingerprint density at radius 2 is 1.71 bits per heavy atom. The fourth-order valence-corrected chi connectivity index (χ4v) is 2.72. The second-order valence-corrected chi connectivity index (χ2v) is 6.62. The van der Waals surface area contributed by atoms with Crippen molar-refractivity contribution in [1.82, 2.24) is 4.57 Å². The quantitative estimate of drug-likeness (QED) is 0.701. The zero-order valence-electron chi connectivity index (χ0n) is 15.7. The van der Waals surface area contributed by atoms with Crippen LogP contribution in [0.3, 0.4) is 0 Å². The summed E-state index contributed by atoms with van der Waals surface area (Å²) in [7, 11) is 1.54. The Bertz CT molecular complexity index is 1120. The molecule has 2 aromatic carbocycles. The first-order valence-electron chi connectivity index (χ1n) is 8.70. The lowest BCUT2D eigenvalue weighted by Gasteiger charge is -2.16. The Morgan fingerprint density at radius 3 is 2.36 bits per heavy atom. The number of nitrogens with zero attached hydrogens (tertiary/aromatic N) is 1. The minimum Gasteiger partial charge on any atom is -0.425 e. The summed E-state index contributed by atoms with van der Waals surface area (Å²) in [6.45, 7) is 3.31. The van der Waals surface area contributed by atoms with E-state index in [0.717, 1.165) is 0 Å². The van der Waals surface area contributed by atoms with Crippen LogP contribution in [-0.2, 0) is 11.8 Å². The molecule has 6 nitrogen and oxygen atoms in total. The SMILES string of the molecule is CC(C)C(=O)Oc1c(C(=O)Nc2ccc(F)cc2)c(=O)n(C)c2ccccc12. The van der Waals surface area contributed by atoms with Crippen molar-refractivity contribution in [2.24, 2.45) is 13.0 Å². The summed E-state index contributed by atoms with van der Waals surface area (Å²) in [5, 5.41) is 3.01. The number of hydrogen-bond acceptors (Lipinski definition) is 4. The number of aryl methyl sites for hydroxylation is 1. The zero-order valence-corrected chi connectivity index (χ0v) is 15.7. The molecule has 0 saturated heterocycles. The van der Waals surface area contributed by atoms with E-state index in [1.54, 1.807) is 38.1 Å². The maximum absolute atomic E-state index is 13.1. The summed E-state index contributed by atoms with van der Waals surface area (Å²) in [5.74, 6) is -2.29. The number of pyridine rings is 1. The van der Waals surface area contributed by atoms with Crippen LogP contribution in [0, 0.1) is 11.7 Å². The van der Waals surface area contributed by atoms with E-state index in [9.17, 15) is 18.8 Å². The molecule has 0 bridgehead atoms. The summed E-state index contributed by atoms with van der Waals surface area (Å²) in [4.78, 5) is 38.0. The lowest BCUT2D eigenvalue weighted by molar-refractivity contribution is -0.137. The van der Waals surface area contributed by atoms with Gasteiger partial charge in [-0.1, -0.05) is 26.0 Å². The van der Waals surface area contributed by atoms with Crippen LogP contribution < -0.4 is 15.6 Å². The van der Waals surface area contributed by atoms with Crippen molar-refractivity contribution < 1.29 is 18.7 Å². The van der Waals surface area contributed by atoms with Crippen molar-refractivity contribution in [2.45, 2.75) is 13.8 Å². The molecule has 144 valence electrons. The molecule has 0 atom stereocenters. The van der Waals surface area contributed by atoms with Gasteiger partial charge in [0.15, 0.2) is 5.75 Å². The van der Waals surface area contributed by atoms with Crippen molar-refractivity contribution in [3.63, 3.8) is 0 Å². The molecule has 0 radical (unpaired) electrons. The van der Waals surface area contributed by atoms with E-state index in [4.69, 9.17) is 4.74 Å². The van der Waals surface area contributed by atoms with Crippen molar-refractivity contribution >= 4 is 28.5 Å². The van der Waals surface area contributed by atoms with Gasteiger partial charge in [0, 0.05) is 18.1 Å². The number of hydrogen-bond donors (Lipinski definition) is 1. The molecular weight excluding hydrogens is 363 g/mol. The average molecular weight is 382 g/mol. The van der Waals surface area contributed by atoms with Gasteiger partial charge in [-0.2, -0.15) is 0 Å². The minimum atomic E-state index is -0.746. The van der Waals surface area contributed by atoms with E-state index < -0.39 is 29.2 Å². The topological polar surface area (TPSA) is 77.4 Å². The molecule has 1 N–H and O–H groups in total. The van der Waals surface area contributed by atoms with E-state index in [1.165, 1.54) is 35.9 Å². The van der Waals surface area contributed by atoms with Crippen molar-refractivity contribution in [3.05, 3.63) is 70.3 Å². The van der Waals surface area contributed by atoms with Gasteiger partial charge in [0.25, 0.3) is 11.5 Å². The third kappa shape index (κ3) is 3.64. The third-order valence-corrected chi connectivity index (χ3v) is 4.26. The van der Waals surface area contributed by atoms with Gasteiger partial charge in [0.1, 0.15) is 11.4 Å². The number of fused-ring (bicyclic) bond motifs is 1. The maximum atomic E-state index is 13.1. The fourth-order valence-electron chi connectivity index (χ4n) is 2.72. The van der Waals surface area contributed by atoms with Crippen molar-refractivity contribution in [2.75, 3.05) is 5.32 Å².